The van der Waals surface area contributed by atoms with Gasteiger partial charge in [0.15, 0.2) is 37.4 Å². The zero-order valence-electron chi connectivity index (χ0n) is 52.4. The molecule has 34 atom stereocenters. The zero-order valence-corrected chi connectivity index (χ0v) is 52.4. The molecule has 2 unspecified atom stereocenters. The number of carboxylic acid groups (broad SMARTS) is 1. The normalized spacial score (nSPS) is 53.1. The van der Waals surface area contributed by atoms with Crippen LogP contribution in [-0.2, 0) is 66.5 Å². The third-order valence-electron chi connectivity index (χ3n) is 23.4. The van der Waals surface area contributed by atoms with Gasteiger partial charge in [-0.3, -0.25) is 14.4 Å². The summed E-state index contributed by atoms with van der Waals surface area (Å²) in [7, 11) is 0. The van der Waals surface area contributed by atoms with Crippen molar-refractivity contribution in [3.8, 4) is 0 Å². The number of carbonyl (C=O) groups excluding carboxylic acids is 2. The molecule has 0 aromatic heterocycles. The van der Waals surface area contributed by atoms with Crippen LogP contribution in [0.25, 0.3) is 0 Å². The summed E-state index contributed by atoms with van der Waals surface area (Å²) in [5.41, 5.74) is -5.69. The van der Waals surface area contributed by atoms with Crippen molar-refractivity contribution in [3.05, 3.63) is 11.6 Å². The van der Waals surface area contributed by atoms with Gasteiger partial charge >= 0.3 is 17.9 Å². The molecule has 520 valence electrons. The molecule has 0 bridgehead atoms. The number of allylic oxidation sites excluding steroid dienone is 1. The van der Waals surface area contributed by atoms with Crippen molar-refractivity contribution < 1.29 is 148 Å². The number of rotatable bonds is 15. The third-order valence-corrected chi connectivity index (χ3v) is 23.4. The predicted molar refractivity (Wildman–Crippen MR) is 301 cm³/mol. The molecule has 91 heavy (non-hydrogen) atoms. The molecule has 0 amide bonds. The van der Waals surface area contributed by atoms with Gasteiger partial charge in [0.05, 0.1) is 55.6 Å². The number of aliphatic carboxylic acids is 1. The van der Waals surface area contributed by atoms with Gasteiger partial charge < -0.3 is 134 Å². The molecular formula is C61H96O30. The number of esters is 2. The molecule has 16 N–H and O–H groups in total. The molecule has 0 spiro atoms. The number of carboxylic acids is 1. The molecule has 10 aliphatic rings. The highest BCUT2D eigenvalue weighted by molar-refractivity contribution is 5.79. The average molecular weight is 1310 g/mol. The quantitative estimate of drug-likeness (QED) is 0.0423. The number of aliphatic hydroxyl groups excluding tert-OH is 15. The van der Waals surface area contributed by atoms with E-state index in [0.717, 1.165) is 12.5 Å². The van der Waals surface area contributed by atoms with Crippen molar-refractivity contribution in [3.63, 3.8) is 0 Å². The maximum atomic E-state index is 15.7. The number of hydrogen-bond acceptors (Lipinski definition) is 29. The van der Waals surface area contributed by atoms with Crippen LogP contribution >= 0.6 is 0 Å². The smallest absolute Gasteiger partial charge is 0.315 e. The summed E-state index contributed by atoms with van der Waals surface area (Å²) < 4.78 is 65.4. The number of hydrogen-bond donors (Lipinski definition) is 16. The van der Waals surface area contributed by atoms with Crippen LogP contribution in [0, 0.1) is 50.2 Å². The Kier molecular flexibility index (Phi) is 20.4. The van der Waals surface area contributed by atoms with Gasteiger partial charge in [-0.05, 0) is 113 Å². The fourth-order valence-corrected chi connectivity index (χ4v) is 18.2. The second kappa shape index (κ2) is 26.2. The molecule has 4 saturated carbocycles. The van der Waals surface area contributed by atoms with E-state index < -0.39 is 242 Å². The number of carbonyl (C=O) groups is 3. The molecule has 5 aliphatic carbocycles. The van der Waals surface area contributed by atoms with Crippen LogP contribution in [0.15, 0.2) is 11.6 Å². The Morgan fingerprint density at radius 3 is 1.73 bits per heavy atom. The molecule has 5 heterocycles. The van der Waals surface area contributed by atoms with Gasteiger partial charge in [0.2, 0.25) is 6.29 Å². The lowest BCUT2D eigenvalue weighted by atomic mass is 9.33. The van der Waals surface area contributed by atoms with Crippen LogP contribution in [0.2, 0.25) is 0 Å². The lowest BCUT2D eigenvalue weighted by Crippen LogP contribution is -2.71. The Morgan fingerprint density at radius 2 is 1.10 bits per heavy atom. The number of fused-ring (bicyclic) bond motifs is 7. The molecule has 30 nitrogen and oxygen atoms in total. The summed E-state index contributed by atoms with van der Waals surface area (Å²) in [4.78, 5) is 42.3. The standard InChI is InChI=1S/C61H96O30/c1-23-44(87-49-40(74)34(68)29(67)21-81-49)39(73)42(76)50(82-23)89-47-43(77)45(84-25(3)65)24(2)83-52(47)91-55(80)60-14-13-56(4,5)17-27(60)26-9-10-32-57(6)18-28(66)48(59(8,54(78)79)33(57)11-12-58(32,7)61(26,22-64)16-15-60)90-53-46(38(72)36(70)31(20-63)86-53)88-51-41(75)37(71)35(69)30(19-62)85-51/h9,23-24,27-53,62-64,66-77H,10-22H2,1-8H3,(H,78,79)/t23-,24+,27?,28-,29+,30+,31+,32+,33?,34-,35+,36+,37-,38-,39-,40+,41+,42+,43-,44-,45-,46+,47+,48-,49-,50-,51-,52-,53-,57+,58+,59-,60-,61-/m0/s1. The summed E-state index contributed by atoms with van der Waals surface area (Å²) >= 11 is 0. The molecule has 30 heteroatoms. The molecule has 5 aliphatic heterocycles. The number of aliphatic hydroxyl groups is 15. The van der Waals surface area contributed by atoms with E-state index in [9.17, 15) is 91.3 Å². The largest absolute Gasteiger partial charge is 0.481 e. The van der Waals surface area contributed by atoms with E-state index in [0.29, 0.717) is 32.1 Å². The van der Waals surface area contributed by atoms with Gasteiger partial charge in [-0.2, -0.15) is 0 Å². The predicted octanol–water partition coefficient (Wildman–Crippen LogP) is -3.94. The van der Waals surface area contributed by atoms with Gasteiger partial charge in [0.25, 0.3) is 0 Å². The van der Waals surface area contributed by atoms with Crippen molar-refractivity contribution in [1.82, 2.24) is 0 Å². The first-order valence-electron chi connectivity index (χ1n) is 31.8. The van der Waals surface area contributed by atoms with Crippen LogP contribution in [-0.4, -0.2) is 286 Å². The van der Waals surface area contributed by atoms with Crippen LogP contribution < -0.4 is 0 Å². The van der Waals surface area contributed by atoms with Gasteiger partial charge in [-0.1, -0.05) is 39.3 Å². The minimum absolute atomic E-state index is 0.0683. The summed E-state index contributed by atoms with van der Waals surface area (Å²) in [5.74, 6) is -4.68. The molecule has 9 fully saturated rings. The van der Waals surface area contributed by atoms with Crippen molar-refractivity contribution >= 4 is 17.9 Å². The fraction of sp³-hybridized carbons (Fsp3) is 0.918. The Morgan fingerprint density at radius 1 is 0.549 bits per heavy atom. The maximum Gasteiger partial charge on any atom is 0.315 e. The zero-order chi connectivity index (χ0) is 66.7. The maximum absolute atomic E-state index is 15.7. The van der Waals surface area contributed by atoms with Gasteiger partial charge in [0.1, 0.15) is 97.7 Å². The Bertz CT molecular complexity index is 2630. The van der Waals surface area contributed by atoms with Crippen molar-refractivity contribution in [2.75, 3.05) is 26.4 Å². The lowest BCUT2D eigenvalue weighted by Gasteiger charge is -2.71. The van der Waals surface area contributed by atoms with Crippen molar-refractivity contribution in [2.45, 2.75) is 273 Å². The van der Waals surface area contributed by atoms with Gasteiger partial charge in [-0.15, -0.1) is 0 Å². The van der Waals surface area contributed by atoms with E-state index in [1.54, 1.807) is 0 Å². The summed E-state index contributed by atoms with van der Waals surface area (Å²) in [6.07, 6.45) is -39.3. The minimum Gasteiger partial charge on any atom is -0.481 e. The Balaban J connectivity index is 0.923. The van der Waals surface area contributed by atoms with Crippen LogP contribution in [0.1, 0.15) is 113 Å². The second-order valence-electron chi connectivity index (χ2n) is 29.0. The van der Waals surface area contributed by atoms with Crippen molar-refractivity contribution in [1.29, 1.82) is 0 Å². The monoisotopic (exact) mass is 1310 g/mol. The molecular weight excluding hydrogens is 1210 g/mol. The van der Waals surface area contributed by atoms with Gasteiger partial charge in [-0.25, -0.2) is 0 Å². The highest BCUT2D eigenvalue weighted by Crippen LogP contribution is 2.76. The summed E-state index contributed by atoms with van der Waals surface area (Å²) in [5, 5.41) is 177. The Labute approximate surface area is 525 Å². The molecule has 10 rings (SSSR count). The van der Waals surface area contributed by atoms with Crippen LogP contribution in [0.5, 0.6) is 0 Å². The first-order valence-corrected chi connectivity index (χ1v) is 31.8. The van der Waals surface area contributed by atoms with E-state index in [-0.39, 0.29) is 37.7 Å². The topological polar surface area (TPSA) is 476 Å². The Hall–Kier alpha value is -2.81. The summed E-state index contributed by atoms with van der Waals surface area (Å²) in [6, 6.07) is 0. The highest BCUT2D eigenvalue weighted by atomic mass is 16.8. The fourth-order valence-electron chi connectivity index (χ4n) is 18.2. The molecule has 0 radical (unpaired) electrons. The first-order chi connectivity index (χ1) is 42.6. The first kappa shape index (κ1) is 71.0. The van der Waals surface area contributed by atoms with E-state index in [1.165, 1.54) is 20.8 Å². The summed E-state index contributed by atoms with van der Waals surface area (Å²) in [6.45, 7) is 11.1. The highest BCUT2D eigenvalue weighted by Gasteiger charge is 2.74. The second-order valence-corrected chi connectivity index (χ2v) is 29.0. The molecule has 0 aromatic rings. The number of ether oxygens (including phenoxy) is 11. The van der Waals surface area contributed by atoms with Crippen LogP contribution in [0.4, 0.5) is 0 Å². The molecule has 0 aromatic carbocycles. The van der Waals surface area contributed by atoms with E-state index >= 15 is 4.79 Å². The van der Waals surface area contributed by atoms with E-state index in [4.69, 9.17) is 52.1 Å². The van der Waals surface area contributed by atoms with E-state index in [2.05, 4.69) is 20.8 Å². The minimum atomic E-state index is -1.99. The van der Waals surface area contributed by atoms with E-state index in [1.807, 2.05) is 13.0 Å². The average Bonchev–Trinajstić information content (AvgIpc) is 0.671. The van der Waals surface area contributed by atoms with Crippen LogP contribution in [0.3, 0.4) is 0 Å². The van der Waals surface area contributed by atoms with Gasteiger partial charge in [0, 0.05) is 12.3 Å². The van der Waals surface area contributed by atoms with Crippen molar-refractivity contribution in [2.24, 2.45) is 50.2 Å². The SMILES string of the molecule is CC(=O)O[C@@H]1[C@H](O)[C@@H](O[C@@H]2O[C@@H](C)[C@H](O[C@@H]3OC[C@@H](O)[C@H](O)[C@H]3O)[C@@H](O)[C@H]2O)[C@H](OC(=O)[C@]23CCC(C)(C)CC2C2=CC[C@@H]4[C@@]5(C)C[C@H](O)[C@H](O[C@@H]6O[C@H](CO)[C@@H](O)[C@H](O)[C@H]6O[C@@H]6O[C@H](CO)[C@@H](O)[C@H](O)[C@H]6O)[C@@](C)(C(=O)O)C5CC[C@@]4(C)[C@]2(CO)CC3)O[C@@H]1C. The third kappa shape index (κ3) is 11.8. The lowest BCUT2D eigenvalue weighted by molar-refractivity contribution is -0.382. The molecule has 5 saturated heterocycles.